The first-order chi connectivity index (χ1) is 10.1. The molecule has 0 unspecified atom stereocenters. The van der Waals surface area contributed by atoms with Crippen LogP contribution in [0.3, 0.4) is 0 Å². The quantitative estimate of drug-likeness (QED) is 0.772. The van der Waals surface area contributed by atoms with Crippen LogP contribution in [-0.4, -0.2) is 13.2 Å². The van der Waals surface area contributed by atoms with Crippen molar-refractivity contribution in [2.45, 2.75) is 52.7 Å². The van der Waals surface area contributed by atoms with Crippen LogP contribution in [0.25, 0.3) is 0 Å². The highest BCUT2D eigenvalue weighted by Crippen LogP contribution is 2.25. The Bertz CT molecular complexity index is 427. The van der Waals surface area contributed by atoms with Crippen LogP contribution in [0.5, 0.6) is 0 Å². The van der Waals surface area contributed by atoms with Gasteiger partial charge in [-0.2, -0.15) is 0 Å². The van der Waals surface area contributed by atoms with Crippen LogP contribution < -0.4 is 5.32 Å². The van der Waals surface area contributed by atoms with Gasteiger partial charge in [0.25, 0.3) is 0 Å². The van der Waals surface area contributed by atoms with Crippen LogP contribution in [0, 0.1) is 17.7 Å². The Morgan fingerprint density at radius 2 is 2.05 bits per heavy atom. The maximum absolute atomic E-state index is 13.8. The van der Waals surface area contributed by atoms with Crippen molar-refractivity contribution in [2.24, 2.45) is 11.8 Å². The number of hydrogen-bond acceptors (Lipinski definition) is 2. The largest absolute Gasteiger partial charge is 0.376 e. The van der Waals surface area contributed by atoms with Gasteiger partial charge in [-0.15, -0.1) is 0 Å². The predicted molar refractivity (Wildman–Crippen MR) is 84.6 cm³/mol. The molecule has 0 atom stereocenters. The first kappa shape index (κ1) is 16.4. The Morgan fingerprint density at radius 3 is 2.76 bits per heavy atom. The first-order valence-electron chi connectivity index (χ1n) is 8.21. The van der Waals surface area contributed by atoms with E-state index in [0.717, 1.165) is 25.3 Å². The molecule has 1 aromatic rings. The lowest BCUT2D eigenvalue weighted by Crippen LogP contribution is -2.19. The summed E-state index contributed by atoms with van der Waals surface area (Å²) in [5.41, 5.74) is 1.80. The molecule has 3 heteroatoms. The molecular weight excluding hydrogens is 265 g/mol. The average Bonchev–Trinajstić information content (AvgIpc) is 2.95. The molecule has 0 heterocycles. The molecule has 1 fully saturated rings. The summed E-state index contributed by atoms with van der Waals surface area (Å²) >= 11 is 0. The van der Waals surface area contributed by atoms with E-state index in [1.807, 2.05) is 12.1 Å². The Balaban J connectivity index is 1.80. The second kappa shape index (κ2) is 8.50. The van der Waals surface area contributed by atoms with Gasteiger partial charge in [0.1, 0.15) is 5.82 Å². The molecule has 2 nitrogen and oxygen atoms in total. The van der Waals surface area contributed by atoms with Crippen molar-refractivity contribution in [1.82, 2.24) is 5.32 Å². The summed E-state index contributed by atoms with van der Waals surface area (Å²) in [7, 11) is 0. The van der Waals surface area contributed by atoms with E-state index in [4.69, 9.17) is 4.74 Å². The molecule has 0 bridgehead atoms. The van der Waals surface area contributed by atoms with E-state index >= 15 is 0 Å². The summed E-state index contributed by atoms with van der Waals surface area (Å²) < 4.78 is 19.5. The van der Waals surface area contributed by atoms with Crippen molar-refractivity contribution in [3.05, 3.63) is 35.1 Å². The first-order valence-corrected chi connectivity index (χ1v) is 8.21. The summed E-state index contributed by atoms with van der Waals surface area (Å²) in [6, 6.07) is 5.33. The third-order valence-electron chi connectivity index (χ3n) is 4.08. The summed E-state index contributed by atoms with van der Waals surface area (Å²) in [5, 5.41) is 3.39. The van der Waals surface area contributed by atoms with Crippen molar-refractivity contribution >= 4 is 0 Å². The van der Waals surface area contributed by atoms with Gasteiger partial charge in [-0.25, -0.2) is 4.39 Å². The summed E-state index contributed by atoms with van der Waals surface area (Å²) in [5.74, 6) is 1.15. The maximum Gasteiger partial charge on any atom is 0.128 e. The zero-order valence-electron chi connectivity index (χ0n) is 13.3. The van der Waals surface area contributed by atoms with E-state index in [-0.39, 0.29) is 5.82 Å². The van der Waals surface area contributed by atoms with E-state index < -0.39 is 0 Å². The van der Waals surface area contributed by atoms with Crippen LogP contribution in [0.15, 0.2) is 18.2 Å². The van der Waals surface area contributed by atoms with Gasteiger partial charge in [-0.05, 0) is 48.9 Å². The number of hydrogen-bond donors (Lipinski definition) is 1. The highest BCUT2D eigenvalue weighted by Gasteiger charge is 2.15. The van der Waals surface area contributed by atoms with Crippen LogP contribution in [0.4, 0.5) is 4.39 Å². The van der Waals surface area contributed by atoms with Gasteiger partial charge < -0.3 is 10.1 Å². The molecule has 0 spiro atoms. The lowest BCUT2D eigenvalue weighted by molar-refractivity contribution is 0.0869. The number of nitrogens with one attached hydrogen (secondary N) is 1. The minimum atomic E-state index is -0.158. The fourth-order valence-corrected chi connectivity index (χ4v) is 2.87. The van der Waals surface area contributed by atoms with Gasteiger partial charge in [-0.1, -0.05) is 32.8 Å². The monoisotopic (exact) mass is 293 g/mol. The van der Waals surface area contributed by atoms with E-state index in [1.165, 1.54) is 25.7 Å². The van der Waals surface area contributed by atoms with E-state index in [0.29, 0.717) is 24.0 Å². The number of ether oxygens (including phenoxy) is 1. The van der Waals surface area contributed by atoms with E-state index in [1.54, 1.807) is 6.07 Å². The number of benzene rings is 1. The van der Waals surface area contributed by atoms with Gasteiger partial charge in [-0.3, -0.25) is 0 Å². The van der Waals surface area contributed by atoms with Gasteiger partial charge in [0, 0.05) is 18.7 Å². The lowest BCUT2D eigenvalue weighted by Gasteiger charge is -2.12. The molecule has 1 aliphatic carbocycles. The zero-order valence-corrected chi connectivity index (χ0v) is 13.3. The van der Waals surface area contributed by atoms with Gasteiger partial charge in [0.05, 0.1) is 6.61 Å². The minimum Gasteiger partial charge on any atom is -0.376 e. The van der Waals surface area contributed by atoms with E-state index in [2.05, 4.69) is 19.2 Å². The highest BCUT2D eigenvalue weighted by atomic mass is 19.1. The molecule has 1 aliphatic rings. The lowest BCUT2D eigenvalue weighted by atomic mass is 10.1. The van der Waals surface area contributed by atoms with Crippen molar-refractivity contribution in [3.8, 4) is 0 Å². The SMILES string of the molecule is CC(C)CNCc1ccc(F)c(COCC2CCCC2)c1. The Labute approximate surface area is 128 Å². The second-order valence-corrected chi connectivity index (χ2v) is 6.62. The molecule has 0 amide bonds. The molecule has 1 aromatic carbocycles. The van der Waals surface area contributed by atoms with Crippen LogP contribution >= 0.6 is 0 Å². The van der Waals surface area contributed by atoms with Crippen molar-refractivity contribution in [2.75, 3.05) is 13.2 Å². The van der Waals surface area contributed by atoms with Crippen LogP contribution in [0.2, 0.25) is 0 Å². The smallest absolute Gasteiger partial charge is 0.128 e. The predicted octanol–water partition coefficient (Wildman–Crippen LogP) is 4.28. The molecule has 2 rings (SSSR count). The third kappa shape index (κ3) is 5.76. The van der Waals surface area contributed by atoms with Crippen molar-refractivity contribution in [3.63, 3.8) is 0 Å². The molecule has 0 aromatic heterocycles. The molecule has 0 saturated heterocycles. The molecule has 0 aliphatic heterocycles. The summed E-state index contributed by atoms with van der Waals surface area (Å²) in [4.78, 5) is 0. The second-order valence-electron chi connectivity index (χ2n) is 6.62. The normalized spacial score (nSPS) is 16.0. The Hall–Kier alpha value is -0.930. The topological polar surface area (TPSA) is 21.3 Å². The third-order valence-corrected chi connectivity index (χ3v) is 4.08. The average molecular weight is 293 g/mol. The van der Waals surface area contributed by atoms with Crippen LogP contribution in [0.1, 0.15) is 50.7 Å². The Kier molecular flexibility index (Phi) is 6.65. The highest BCUT2D eigenvalue weighted by molar-refractivity contribution is 5.24. The standard InChI is InChI=1S/C18H28FNO/c1-14(2)10-20-11-16-7-8-18(19)17(9-16)13-21-12-15-5-3-4-6-15/h7-9,14-15,20H,3-6,10-13H2,1-2H3. The van der Waals surface area contributed by atoms with Gasteiger partial charge >= 0.3 is 0 Å². The molecule has 118 valence electrons. The molecule has 21 heavy (non-hydrogen) atoms. The molecule has 1 N–H and O–H groups in total. The minimum absolute atomic E-state index is 0.158. The molecule has 1 saturated carbocycles. The molecular formula is C18H28FNO. The molecule has 0 radical (unpaired) electrons. The van der Waals surface area contributed by atoms with Gasteiger partial charge in [0.15, 0.2) is 0 Å². The summed E-state index contributed by atoms with van der Waals surface area (Å²) in [6.45, 7) is 7.29. The summed E-state index contributed by atoms with van der Waals surface area (Å²) in [6.07, 6.45) is 5.17. The van der Waals surface area contributed by atoms with Crippen molar-refractivity contribution in [1.29, 1.82) is 0 Å². The fourth-order valence-electron chi connectivity index (χ4n) is 2.87. The Morgan fingerprint density at radius 1 is 1.29 bits per heavy atom. The maximum atomic E-state index is 13.8. The fraction of sp³-hybridized carbons (Fsp3) is 0.667. The number of halogens is 1. The van der Waals surface area contributed by atoms with Gasteiger partial charge in [0.2, 0.25) is 0 Å². The van der Waals surface area contributed by atoms with Crippen LogP contribution in [-0.2, 0) is 17.9 Å². The zero-order chi connectivity index (χ0) is 15.1. The number of rotatable bonds is 8. The van der Waals surface area contributed by atoms with E-state index in [9.17, 15) is 4.39 Å². The van der Waals surface area contributed by atoms with Crippen molar-refractivity contribution < 1.29 is 9.13 Å².